The Labute approximate surface area is 465 Å². The summed E-state index contributed by atoms with van der Waals surface area (Å²) in [6.07, 6.45) is 1.93. The molecule has 10 aromatic rings. The molecule has 11 rings (SSSR count). The molecule has 6 heteroatoms. The van der Waals surface area contributed by atoms with Gasteiger partial charge in [0.05, 0.1) is 0 Å². The molecule has 0 unspecified atom stereocenters. The number of nitrogens with zero attached hydrogens (tertiary/aromatic N) is 4. The Balaban J connectivity index is 0.00000657. The summed E-state index contributed by atoms with van der Waals surface area (Å²) in [5.74, 6) is 2.71. The van der Waals surface area contributed by atoms with Crippen molar-refractivity contribution >= 4 is 44.6 Å². The van der Waals surface area contributed by atoms with Gasteiger partial charge in [-0.3, -0.25) is 0 Å². The van der Waals surface area contributed by atoms with E-state index in [1.54, 1.807) is 0 Å². The van der Waals surface area contributed by atoms with E-state index in [0.717, 1.165) is 55.9 Å². The van der Waals surface area contributed by atoms with E-state index < -0.39 is 5.41 Å². The normalized spacial score (nSPS) is 13.0. The smallest absolute Gasteiger partial charge is 0.135 e. The summed E-state index contributed by atoms with van der Waals surface area (Å²) >= 11 is 0. The van der Waals surface area contributed by atoms with Crippen LogP contribution in [-0.4, -0.2) is 9.55 Å². The van der Waals surface area contributed by atoms with Gasteiger partial charge in [-0.05, 0) is 115 Å². The summed E-state index contributed by atoms with van der Waals surface area (Å²) in [5, 5.41) is 2.20. The van der Waals surface area contributed by atoms with Gasteiger partial charge in [-0.15, -0.1) is 53.6 Å². The molecule has 76 heavy (non-hydrogen) atoms. The van der Waals surface area contributed by atoms with Crippen LogP contribution in [0.3, 0.4) is 0 Å². The number of fused-ring (bicyclic) bond motifs is 4. The van der Waals surface area contributed by atoms with E-state index in [9.17, 15) is 0 Å². The summed E-state index contributed by atoms with van der Waals surface area (Å²) in [7, 11) is 0. The average Bonchev–Trinajstić information content (AvgIpc) is 4.01. The number of hydrogen-bond donors (Lipinski definition) is 0. The summed E-state index contributed by atoms with van der Waals surface area (Å²) in [4.78, 5) is 9.67. The molecule has 0 N–H and O–H groups in total. The van der Waals surface area contributed by atoms with E-state index in [4.69, 9.17) is 9.72 Å². The van der Waals surface area contributed by atoms with E-state index in [1.165, 1.54) is 44.5 Å². The van der Waals surface area contributed by atoms with Crippen LogP contribution in [0, 0.1) is 18.8 Å². The SMILES string of the molecule is CC(C)c1cccc(C(C)C)c1-c1ccc2c(c1)N(c1[c-]c(Oc3[c-]c4c(cc3)c3ccccc3n4-c3cc(C(C)(C)c4ccccc4)ccn3)cc(C(C)(C)c3ccccc3)c1)[CH-]N2c1cccc(C(C)(C)C)c1.[Pt]. The molecule has 0 fully saturated rings. The molecule has 5 nitrogen and oxygen atoms in total. The fourth-order valence-corrected chi connectivity index (χ4v) is 11.1. The van der Waals surface area contributed by atoms with E-state index in [1.807, 2.05) is 12.3 Å². The second-order valence-electron chi connectivity index (χ2n) is 23.0. The van der Waals surface area contributed by atoms with E-state index in [0.29, 0.717) is 23.3 Å². The predicted octanol–water partition coefficient (Wildman–Crippen LogP) is 18.8. The molecule has 2 aromatic heterocycles. The minimum atomic E-state index is -0.402. The van der Waals surface area contributed by atoms with Gasteiger partial charge in [0.15, 0.2) is 0 Å². The van der Waals surface area contributed by atoms with Crippen LogP contribution in [0.1, 0.15) is 127 Å². The molecule has 1 aliphatic rings. The fraction of sp³-hybridized carbons (Fsp3) is 0.229. The van der Waals surface area contributed by atoms with Gasteiger partial charge < -0.3 is 19.1 Å². The second kappa shape index (κ2) is 20.4. The maximum Gasteiger partial charge on any atom is 0.135 e. The zero-order valence-electron chi connectivity index (χ0n) is 45.6. The molecular formula is C70H67N4OPt-3. The molecule has 0 saturated heterocycles. The van der Waals surface area contributed by atoms with E-state index >= 15 is 0 Å². The largest absolute Gasteiger partial charge is 0.509 e. The van der Waals surface area contributed by atoms with Crippen molar-refractivity contribution in [3.63, 3.8) is 0 Å². The molecule has 3 heterocycles. The number of anilines is 4. The van der Waals surface area contributed by atoms with Crippen molar-refractivity contribution < 1.29 is 25.8 Å². The van der Waals surface area contributed by atoms with Crippen molar-refractivity contribution in [3.8, 4) is 28.4 Å². The van der Waals surface area contributed by atoms with Gasteiger partial charge in [-0.25, -0.2) is 4.98 Å². The molecule has 0 amide bonds. The number of rotatable bonds is 12. The molecular weight excluding hydrogens is 1110 g/mol. The Morgan fingerprint density at radius 2 is 1.13 bits per heavy atom. The van der Waals surface area contributed by atoms with Crippen molar-refractivity contribution in [2.45, 2.75) is 104 Å². The van der Waals surface area contributed by atoms with Crippen LogP contribution in [0.4, 0.5) is 22.7 Å². The maximum absolute atomic E-state index is 7.11. The quantitative estimate of drug-likeness (QED) is 0.114. The van der Waals surface area contributed by atoms with Gasteiger partial charge in [0.2, 0.25) is 0 Å². The van der Waals surface area contributed by atoms with Gasteiger partial charge in [-0.1, -0.05) is 197 Å². The molecule has 1 aliphatic heterocycles. The zero-order valence-corrected chi connectivity index (χ0v) is 47.9. The predicted molar refractivity (Wildman–Crippen MR) is 314 cm³/mol. The van der Waals surface area contributed by atoms with Gasteiger partial charge >= 0.3 is 0 Å². The standard InChI is InChI=1S/C70H67N4O.Pt/c1-46(2)58-29-21-30-59(47(3)4)67(58)48-32-35-63-65(38-48)73(45-72(63)54-27-20-26-51(39-54)68(5,6)7)55-40-53(70(10,11)50-24-16-13-17-25-50)41-57(43-55)75-56-33-34-61-60-28-18-19-31-62(60)74(64(61)44-56)66-42-52(36-37-71-66)69(8,9)49-22-14-12-15-23-49;/h12-42,45-47H,1-11H3;/q-3;. The molecule has 0 aliphatic carbocycles. The van der Waals surface area contributed by atoms with Crippen molar-refractivity contribution in [3.05, 3.63) is 246 Å². The third-order valence-electron chi connectivity index (χ3n) is 15.7. The Morgan fingerprint density at radius 1 is 0.500 bits per heavy atom. The zero-order chi connectivity index (χ0) is 52.4. The van der Waals surface area contributed by atoms with Gasteiger partial charge in [0, 0.05) is 66.8 Å². The molecule has 0 atom stereocenters. The Morgan fingerprint density at radius 3 is 1.80 bits per heavy atom. The minimum Gasteiger partial charge on any atom is -0.509 e. The summed E-state index contributed by atoms with van der Waals surface area (Å²) < 4.78 is 9.34. The summed E-state index contributed by atoms with van der Waals surface area (Å²) in [6, 6.07) is 73.4. The first-order valence-electron chi connectivity index (χ1n) is 26.6. The molecule has 0 saturated carbocycles. The van der Waals surface area contributed by atoms with Crippen LogP contribution in [0.25, 0.3) is 38.8 Å². The third-order valence-corrected chi connectivity index (χ3v) is 15.7. The minimum absolute atomic E-state index is 0. The topological polar surface area (TPSA) is 33.5 Å². The van der Waals surface area contributed by atoms with E-state index in [2.05, 4.69) is 285 Å². The van der Waals surface area contributed by atoms with Gasteiger partial charge in [-0.2, -0.15) is 6.07 Å². The number of benzene rings is 8. The Bertz CT molecular complexity index is 3710. The van der Waals surface area contributed by atoms with Crippen LogP contribution in [0.2, 0.25) is 0 Å². The maximum atomic E-state index is 7.11. The van der Waals surface area contributed by atoms with Crippen LogP contribution in [0.15, 0.2) is 188 Å². The first-order valence-corrected chi connectivity index (χ1v) is 26.6. The van der Waals surface area contributed by atoms with Crippen LogP contribution in [-0.2, 0) is 37.3 Å². The van der Waals surface area contributed by atoms with Crippen LogP contribution >= 0.6 is 0 Å². The fourth-order valence-electron chi connectivity index (χ4n) is 11.1. The van der Waals surface area contributed by atoms with Crippen LogP contribution < -0.4 is 14.5 Å². The van der Waals surface area contributed by atoms with Crippen molar-refractivity contribution in [1.29, 1.82) is 0 Å². The molecule has 8 aromatic carbocycles. The number of pyridine rings is 1. The Kier molecular flexibility index (Phi) is 14.0. The first kappa shape index (κ1) is 52.2. The number of para-hydroxylation sites is 1. The molecule has 0 spiro atoms. The Hall–Kier alpha value is -7.20. The van der Waals surface area contributed by atoms with Crippen LogP contribution in [0.5, 0.6) is 11.5 Å². The number of hydrogen-bond acceptors (Lipinski definition) is 4. The summed E-state index contributed by atoms with van der Waals surface area (Å²) in [5.41, 5.74) is 16.6. The van der Waals surface area contributed by atoms with Crippen molar-refractivity contribution in [1.82, 2.24) is 9.55 Å². The van der Waals surface area contributed by atoms with Crippen molar-refractivity contribution in [2.24, 2.45) is 0 Å². The number of aromatic nitrogens is 2. The monoisotopic (exact) mass is 1170 g/mol. The van der Waals surface area contributed by atoms with Crippen molar-refractivity contribution in [2.75, 3.05) is 9.80 Å². The van der Waals surface area contributed by atoms with E-state index in [-0.39, 0.29) is 31.9 Å². The summed E-state index contributed by atoms with van der Waals surface area (Å²) in [6.45, 7) is 27.4. The molecule has 0 bridgehead atoms. The first-order chi connectivity index (χ1) is 36.0. The van der Waals surface area contributed by atoms with Gasteiger partial charge in [0.1, 0.15) is 5.82 Å². The average molecular weight is 1180 g/mol. The van der Waals surface area contributed by atoms with Gasteiger partial charge in [0.25, 0.3) is 0 Å². The third kappa shape index (κ3) is 9.57. The number of ether oxygens (including phenoxy) is 1. The molecule has 386 valence electrons. The molecule has 0 radical (unpaired) electrons. The second-order valence-corrected chi connectivity index (χ2v) is 23.0.